The Morgan fingerprint density at radius 3 is 2.09 bits per heavy atom. The second kappa shape index (κ2) is 15.4. The third-order valence-electron chi connectivity index (χ3n) is 7.72. The lowest BCUT2D eigenvalue weighted by molar-refractivity contribution is 0.214. The molecule has 0 unspecified atom stereocenters. The van der Waals surface area contributed by atoms with Crippen LogP contribution in [-0.2, 0) is 6.42 Å². The molecule has 0 N–H and O–H groups in total. The number of hydrogen-bond acceptors (Lipinski definition) is 1. The van der Waals surface area contributed by atoms with E-state index in [1.54, 1.807) is 5.37 Å². The lowest BCUT2D eigenvalue weighted by Crippen LogP contribution is -2.22. The van der Waals surface area contributed by atoms with Gasteiger partial charge in [0.15, 0.2) is 0 Å². The smallest absolute Gasteiger partial charge is 0.0260 e. The molecule has 1 aromatic rings. The number of hydrogen-bond donors (Lipinski definition) is 0. The molecule has 0 spiro atoms. The Morgan fingerprint density at radius 2 is 1.62 bits per heavy atom. The standard InChI is InChI=1S/C33H50S/c1-9-21-33(13-5,22-10-2)25-30(31(12-4)27(6)11-3)20-24-32(7,8)23-14-15-28-16-18-29(26-34)19-17-28/h4,16-19,26H,6,9-11,13-15,20-25H2,1-3,5,7-8H3/b31-30+. The Labute approximate surface area is 217 Å². The molecule has 0 fully saturated rings. The number of aryl methyl sites for hydroxylation is 1. The van der Waals surface area contributed by atoms with Crippen molar-refractivity contribution in [2.45, 2.75) is 119 Å². The minimum absolute atomic E-state index is 0.289. The normalized spacial score (nSPS) is 12.7. The molecule has 0 nitrogen and oxygen atoms in total. The summed E-state index contributed by atoms with van der Waals surface area (Å²) in [6, 6.07) is 8.68. The molecule has 0 bridgehead atoms. The highest BCUT2D eigenvalue weighted by atomic mass is 32.1. The van der Waals surface area contributed by atoms with Gasteiger partial charge in [-0.2, -0.15) is 0 Å². The predicted molar refractivity (Wildman–Crippen MR) is 158 cm³/mol. The number of benzene rings is 1. The fourth-order valence-electron chi connectivity index (χ4n) is 5.37. The maximum atomic E-state index is 6.09. The van der Waals surface area contributed by atoms with Crippen molar-refractivity contribution in [2.24, 2.45) is 10.8 Å². The first-order valence-electron chi connectivity index (χ1n) is 13.6. The fraction of sp³-hybridized carbons (Fsp3) is 0.606. The Bertz CT molecular complexity index is 822. The van der Waals surface area contributed by atoms with Crippen LogP contribution < -0.4 is 0 Å². The third kappa shape index (κ3) is 9.92. The topological polar surface area (TPSA) is 0 Å². The zero-order valence-electron chi connectivity index (χ0n) is 23.1. The van der Waals surface area contributed by atoms with Crippen molar-refractivity contribution < 1.29 is 0 Å². The highest BCUT2D eigenvalue weighted by Crippen LogP contribution is 2.43. The summed E-state index contributed by atoms with van der Waals surface area (Å²) in [6.07, 6.45) is 20.2. The number of thiocarbonyl (C=S) groups is 1. The molecule has 1 heteroatoms. The van der Waals surface area contributed by atoms with Crippen molar-refractivity contribution in [1.82, 2.24) is 0 Å². The molecule has 0 radical (unpaired) electrons. The minimum atomic E-state index is 0.289. The predicted octanol–water partition coefficient (Wildman–Crippen LogP) is 10.4. The number of terminal acetylenes is 1. The van der Waals surface area contributed by atoms with E-state index in [4.69, 9.17) is 18.6 Å². The van der Waals surface area contributed by atoms with Crippen LogP contribution in [0.1, 0.15) is 123 Å². The van der Waals surface area contributed by atoms with E-state index in [9.17, 15) is 0 Å². The average molecular weight is 479 g/mol. The van der Waals surface area contributed by atoms with Crippen LogP contribution >= 0.6 is 12.2 Å². The molecule has 188 valence electrons. The van der Waals surface area contributed by atoms with Gasteiger partial charge in [0, 0.05) is 10.9 Å². The van der Waals surface area contributed by atoms with Crippen LogP contribution in [0.4, 0.5) is 0 Å². The van der Waals surface area contributed by atoms with E-state index in [-0.39, 0.29) is 5.41 Å². The Kier molecular flexibility index (Phi) is 13.7. The zero-order valence-corrected chi connectivity index (χ0v) is 23.9. The van der Waals surface area contributed by atoms with Crippen molar-refractivity contribution in [3.05, 3.63) is 58.7 Å². The van der Waals surface area contributed by atoms with E-state index >= 15 is 0 Å². The van der Waals surface area contributed by atoms with Gasteiger partial charge in [-0.25, -0.2) is 0 Å². The summed E-state index contributed by atoms with van der Waals surface area (Å²) in [7, 11) is 0. The van der Waals surface area contributed by atoms with Gasteiger partial charge in [-0.3, -0.25) is 0 Å². The van der Waals surface area contributed by atoms with Gasteiger partial charge in [0.1, 0.15) is 0 Å². The molecule has 0 aliphatic carbocycles. The summed E-state index contributed by atoms with van der Waals surface area (Å²) < 4.78 is 0. The maximum Gasteiger partial charge on any atom is 0.0260 e. The van der Waals surface area contributed by atoms with E-state index < -0.39 is 0 Å². The largest absolute Gasteiger partial charge is 0.115 e. The van der Waals surface area contributed by atoms with E-state index in [0.717, 1.165) is 42.4 Å². The molecule has 1 rings (SSSR count). The van der Waals surface area contributed by atoms with Crippen LogP contribution in [-0.4, -0.2) is 5.37 Å². The second-order valence-electron chi connectivity index (χ2n) is 11.0. The van der Waals surface area contributed by atoms with Gasteiger partial charge in [-0.05, 0) is 85.3 Å². The quantitative estimate of drug-likeness (QED) is 0.122. The molecule has 0 aromatic heterocycles. The average Bonchev–Trinajstić information content (AvgIpc) is 2.83. The highest BCUT2D eigenvalue weighted by Gasteiger charge is 2.29. The Morgan fingerprint density at radius 1 is 1.00 bits per heavy atom. The van der Waals surface area contributed by atoms with Gasteiger partial charge in [-0.1, -0.05) is 115 Å². The second-order valence-corrected chi connectivity index (χ2v) is 11.2. The molecule has 1 aromatic carbocycles. The van der Waals surface area contributed by atoms with Gasteiger partial charge < -0.3 is 0 Å². The molecule has 0 saturated carbocycles. The molecular formula is C33H50S. The van der Waals surface area contributed by atoms with Crippen LogP contribution in [0.3, 0.4) is 0 Å². The first-order chi connectivity index (χ1) is 16.2. The first-order valence-corrected chi connectivity index (χ1v) is 14.1. The SMILES string of the molecule is C#C/C(C(=C)CC)=C(/CCC(C)(C)CCCc1ccc(C=S)cc1)CC(CC)(CCC)CCC. The van der Waals surface area contributed by atoms with E-state index in [1.165, 1.54) is 62.5 Å². The zero-order chi connectivity index (χ0) is 25.6. The van der Waals surface area contributed by atoms with Crippen molar-refractivity contribution in [2.75, 3.05) is 0 Å². The van der Waals surface area contributed by atoms with Gasteiger partial charge in [-0.15, -0.1) is 6.42 Å². The van der Waals surface area contributed by atoms with Gasteiger partial charge in [0.25, 0.3) is 0 Å². The summed E-state index contributed by atoms with van der Waals surface area (Å²) in [6.45, 7) is 18.4. The summed E-state index contributed by atoms with van der Waals surface area (Å²) in [5.74, 6) is 3.06. The van der Waals surface area contributed by atoms with Crippen LogP contribution in [0, 0.1) is 23.2 Å². The van der Waals surface area contributed by atoms with E-state index in [1.807, 2.05) is 0 Å². The van der Waals surface area contributed by atoms with Gasteiger partial charge >= 0.3 is 0 Å². The van der Waals surface area contributed by atoms with Crippen LogP contribution in [0.15, 0.2) is 47.6 Å². The van der Waals surface area contributed by atoms with Crippen molar-refractivity contribution in [3.63, 3.8) is 0 Å². The Balaban J connectivity index is 2.97. The van der Waals surface area contributed by atoms with Crippen molar-refractivity contribution in [3.8, 4) is 12.3 Å². The molecular weight excluding hydrogens is 428 g/mol. The first kappa shape index (κ1) is 30.4. The minimum Gasteiger partial charge on any atom is -0.115 e. The molecule has 0 heterocycles. The van der Waals surface area contributed by atoms with Crippen molar-refractivity contribution in [1.29, 1.82) is 0 Å². The highest BCUT2D eigenvalue weighted by molar-refractivity contribution is 7.79. The molecule has 0 aliphatic rings. The van der Waals surface area contributed by atoms with Crippen LogP contribution in [0.25, 0.3) is 0 Å². The summed E-state index contributed by atoms with van der Waals surface area (Å²) in [5, 5.41) is 1.74. The van der Waals surface area contributed by atoms with Crippen LogP contribution in [0.2, 0.25) is 0 Å². The number of allylic oxidation sites excluding steroid dienone is 3. The maximum absolute atomic E-state index is 6.09. The van der Waals surface area contributed by atoms with Gasteiger partial charge in [0.05, 0.1) is 0 Å². The Hall–Kier alpha value is -1.65. The third-order valence-corrected chi connectivity index (χ3v) is 7.99. The summed E-state index contributed by atoms with van der Waals surface area (Å²) in [5.41, 5.74) is 6.91. The van der Waals surface area contributed by atoms with E-state index in [0.29, 0.717) is 5.41 Å². The molecule has 34 heavy (non-hydrogen) atoms. The fourth-order valence-corrected chi connectivity index (χ4v) is 5.53. The molecule has 0 atom stereocenters. The monoisotopic (exact) mass is 478 g/mol. The lowest BCUT2D eigenvalue weighted by atomic mass is 9.70. The lowest BCUT2D eigenvalue weighted by Gasteiger charge is -2.35. The van der Waals surface area contributed by atoms with Gasteiger partial charge in [0.2, 0.25) is 0 Å². The van der Waals surface area contributed by atoms with Crippen LogP contribution in [0.5, 0.6) is 0 Å². The van der Waals surface area contributed by atoms with E-state index in [2.05, 4.69) is 78.3 Å². The summed E-state index contributed by atoms with van der Waals surface area (Å²) in [4.78, 5) is 0. The summed E-state index contributed by atoms with van der Waals surface area (Å²) >= 11 is 5.02. The molecule has 0 amide bonds. The molecule has 0 saturated heterocycles. The van der Waals surface area contributed by atoms with Crippen molar-refractivity contribution >= 4 is 17.6 Å². The number of rotatable bonds is 17. The molecule has 0 aliphatic heterocycles.